The van der Waals surface area contributed by atoms with Crippen molar-refractivity contribution in [2.45, 2.75) is 53.5 Å². The van der Waals surface area contributed by atoms with Crippen LogP contribution in [0.15, 0.2) is 29.6 Å². The van der Waals surface area contributed by atoms with Gasteiger partial charge in [0.15, 0.2) is 0 Å². The maximum absolute atomic E-state index is 12.6. The first kappa shape index (κ1) is 18.7. The van der Waals surface area contributed by atoms with Crippen molar-refractivity contribution < 1.29 is 4.79 Å². The highest BCUT2D eigenvalue weighted by Crippen LogP contribution is 2.23. The molecule has 1 heterocycles. The summed E-state index contributed by atoms with van der Waals surface area (Å²) in [5.41, 5.74) is 3.44. The van der Waals surface area contributed by atoms with Crippen LogP contribution in [0.1, 0.15) is 55.6 Å². The monoisotopic (exact) mass is 344 g/mol. The number of amides is 1. The second-order valence-electron chi connectivity index (χ2n) is 6.80. The first-order valence-electron chi connectivity index (χ1n) is 8.71. The molecule has 2 unspecified atom stereocenters. The summed E-state index contributed by atoms with van der Waals surface area (Å²) in [6.07, 6.45) is 1.70. The Bertz CT molecular complexity index is 661. The predicted molar refractivity (Wildman–Crippen MR) is 101 cm³/mol. The molecule has 2 aromatic rings. The van der Waals surface area contributed by atoms with E-state index >= 15 is 0 Å². The smallest absolute Gasteiger partial charge is 0.223 e. The Balaban J connectivity index is 2.20. The van der Waals surface area contributed by atoms with Gasteiger partial charge in [-0.05, 0) is 31.2 Å². The summed E-state index contributed by atoms with van der Waals surface area (Å²) in [7, 11) is 0. The number of hydrogen-bond acceptors (Lipinski definition) is 3. The van der Waals surface area contributed by atoms with Crippen LogP contribution in [0.2, 0.25) is 0 Å². The molecule has 0 radical (unpaired) electrons. The Morgan fingerprint density at radius 2 is 1.88 bits per heavy atom. The topological polar surface area (TPSA) is 42.0 Å². The minimum absolute atomic E-state index is 0.00482. The summed E-state index contributed by atoms with van der Waals surface area (Å²) in [4.78, 5) is 17.3. The summed E-state index contributed by atoms with van der Waals surface area (Å²) in [5.74, 6) is 0.426. The van der Waals surface area contributed by atoms with Gasteiger partial charge in [0.25, 0.3) is 0 Å². The number of benzene rings is 1. The molecule has 0 aliphatic rings. The highest BCUT2D eigenvalue weighted by molar-refractivity contribution is 7.09. The van der Waals surface area contributed by atoms with Crippen molar-refractivity contribution in [1.82, 2.24) is 10.3 Å². The zero-order valence-electron chi connectivity index (χ0n) is 15.3. The number of carbonyl (C=O) groups is 1. The molecule has 0 aliphatic carbocycles. The minimum atomic E-state index is -0.0713. The molecule has 1 amide bonds. The van der Waals surface area contributed by atoms with Gasteiger partial charge < -0.3 is 5.32 Å². The molecule has 2 rings (SSSR count). The number of nitrogens with one attached hydrogen (secondary N) is 1. The first-order chi connectivity index (χ1) is 11.4. The van der Waals surface area contributed by atoms with Gasteiger partial charge in [0, 0.05) is 11.3 Å². The number of rotatable bonds is 7. The van der Waals surface area contributed by atoms with Gasteiger partial charge in [0.1, 0.15) is 0 Å². The molecule has 2 atom stereocenters. The summed E-state index contributed by atoms with van der Waals surface area (Å²) in [6, 6.07) is 8.42. The molecule has 1 aromatic carbocycles. The van der Waals surface area contributed by atoms with Crippen LogP contribution in [0.4, 0.5) is 0 Å². The Morgan fingerprint density at radius 1 is 1.21 bits per heavy atom. The van der Waals surface area contributed by atoms with E-state index in [0.29, 0.717) is 5.92 Å². The van der Waals surface area contributed by atoms with E-state index in [2.05, 4.69) is 62.7 Å². The highest BCUT2D eigenvalue weighted by Gasteiger charge is 2.23. The van der Waals surface area contributed by atoms with Gasteiger partial charge in [-0.1, -0.05) is 57.5 Å². The molecule has 1 aromatic heterocycles. The normalized spacial score (nSPS) is 13.8. The Labute approximate surface area is 149 Å². The number of carbonyl (C=O) groups excluding carboxylic acids is 1. The van der Waals surface area contributed by atoms with Crippen molar-refractivity contribution in [3.8, 4) is 0 Å². The number of thiazole rings is 1. The van der Waals surface area contributed by atoms with Crippen molar-refractivity contribution in [3.05, 3.63) is 51.5 Å². The average Bonchev–Trinajstić information content (AvgIpc) is 3.04. The van der Waals surface area contributed by atoms with Crippen LogP contribution in [0, 0.1) is 18.8 Å². The third-order valence-corrected chi connectivity index (χ3v) is 5.53. The van der Waals surface area contributed by atoms with E-state index in [1.165, 1.54) is 11.1 Å². The lowest BCUT2D eigenvalue weighted by molar-refractivity contribution is -0.126. The summed E-state index contributed by atoms with van der Waals surface area (Å²) < 4.78 is 0. The maximum Gasteiger partial charge on any atom is 0.223 e. The summed E-state index contributed by atoms with van der Waals surface area (Å²) in [6.45, 7) is 10.3. The number of nitrogens with zero attached hydrogens (tertiary/aromatic N) is 1. The lowest BCUT2D eigenvalue weighted by Crippen LogP contribution is -2.36. The van der Waals surface area contributed by atoms with Gasteiger partial charge >= 0.3 is 0 Å². The van der Waals surface area contributed by atoms with Gasteiger partial charge in [-0.2, -0.15) is 0 Å². The molecule has 24 heavy (non-hydrogen) atoms. The second-order valence-corrected chi connectivity index (χ2v) is 7.75. The number of hydrogen-bond donors (Lipinski definition) is 1. The zero-order chi connectivity index (χ0) is 17.7. The van der Waals surface area contributed by atoms with E-state index in [9.17, 15) is 4.79 Å². The average molecular weight is 345 g/mol. The molecule has 0 aliphatic heterocycles. The fourth-order valence-corrected chi connectivity index (χ4v) is 3.24. The van der Waals surface area contributed by atoms with Crippen LogP contribution in [-0.4, -0.2) is 10.9 Å². The molecule has 0 bridgehead atoms. The Hall–Kier alpha value is -1.68. The first-order valence-corrected chi connectivity index (χ1v) is 9.58. The molecule has 0 fully saturated rings. The van der Waals surface area contributed by atoms with Crippen molar-refractivity contribution in [3.63, 3.8) is 0 Å². The summed E-state index contributed by atoms with van der Waals surface area (Å²) >= 11 is 1.67. The predicted octanol–water partition coefficient (Wildman–Crippen LogP) is 4.71. The molecule has 4 heteroatoms. The number of aromatic nitrogens is 1. The molecule has 0 spiro atoms. The van der Waals surface area contributed by atoms with Crippen molar-refractivity contribution >= 4 is 17.2 Å². The highest BCUT2D eigenvalue weighted by atomic mass is 32.1. The second kappa shape index (κ2) is 8.43. The fourth-order valence-electron chi connectivity index (χ4n) is 2.44. The SMILES string of the molecule is CCc1nc(C(Cc2ccc(C)cc2)NC(=O)C(C)C(C)C)cs1. The molecule has 0 saturated carbocycles. The number of aryl methyl sites for hydroxylation is 2. The van der Waals surface area contributed by atoms with Crippen LogP contribution in [-0.2, 0) is 17.6 Å². The van der Waals surface area contributed by atoms with Crippen LogP contribution in [0.3, 0.4) is 0 Å². The van der Waals surface area contributed by atoms with Crippen LogP contribution in [0.5, 0.6) is 0 Å². The fraction of sp³-hybridized carbons (Fsp3) is 0.500. The third-order valence-electron chi connectivity index (χ3n) is 4.52. The van der Waals surface area contributed by atoms with E-state index < -0.39 is 0 Å². The molecule has 1 N–H and O–H groups in total. The lowest BCUT2D eigenvalue weighted by atomic mass is 9.96. The van der Waals surface area contributed by atoms with E-state index in [4.69, 9.17) is 4.98 Å². The van der Waals surface area contributed by atoms with Crippen molar-refractivity contribution in [1.29, 1.82) is 0 Å². The van der Waals surface area contributed by atoms with E-state index in [-0.39, 0.29) is 17.9 Å². The van der Waals surface area contributed by atoms with E-state index in [1.807, 2.05) is 6.92 Å². The van der Waals surface area contributed by atoms with Crippen molar-refractivity contribution in [2.75, 3.05) is 0 Å². The third kappa shape index (κ3) is 4.91. The lowest BCUT2D eigenvalue weighted by Gasteiger charge is -2.22. The van der Waals surface area contributed by atoms with Gasteiger partial charge in [-0.3, -0.25) is 4.79 Å². The van der Waals surface area contributed by atoms with Gasteiger partial charge in [0.2, 0.25) is 5.91 Å². The van der Waals surface area contributed by atoms with Crippen LogP contribution in [0.25, 0.3) is 0 Å². The molecular weight excluding hydrogens is 316 g/mol. The van der Waals surface area contributed by atoms with E-state index in [0.717, 1.165) is 23.5 Å². The molecule has 0 saturated heterocycles. The Morgan fingerprint density at radius 3 is 2.42 bits per heavy atom. The summed E-state index contributed by atoms with van der Waals surface area (Å²) in [5, 5.41) is 6.42. The standard InChI is InChI=1S/C20H28N2OS/c1-6-19-21-18(12-24-19)17(22-20(23)15(5)13(2)3)11-16-9-7-14(4)8-10-16/h7-10,12-13,15,17H,6,11H2,1-5H3,(H,22,23). The zero-order valence-corrected chi connectivity index (χ0v) is 16.1. The minimum Gasteiger partial charge on any atom is -0.347 e. The molecular formula is C20H28N2OS. The van der Waals surface area contributed by atoms with Gasteiger partial charge in [-0.15, -0.1) is 11.3 Å². The largest absolute Gasteiger partial charge is 0.347 e. The molecule has 3 nitrogen and oxygen atoms in total. The quantitative estimate of drug-likeness (QED) is 0.790. The van der Waals surface area contributed by atoms with Crippen LogP contribution < -0.4 is 5.32 Å². The van der Waals surface area contributed by atoms with Crippen LogP contribution >= 0.6 is 11.3 Å². The van der Waals surface area contributed by atoms with Gasteiger partial charge in [-0.25, -0.2) is 4.98 Å². The maximum atomic E-state index is 12.6. The van der Waals surface area contributed by atoms with Gasteiger partial charge in [0.05, 0.1) is 16.7 Å². The van der Waals surface area contributed by atoms with Crippen molar-refractivity contribution in [2.24, 2.45) is 11.8 Å². The Kier molecular flexibility index (Phi) is 6.55. The van der Waals surface area contributed by atoms with E-state index in [1.54, 1.807) is 11.3 Å². The molecule has 130 valence electrons.